The third kappa shape index (κ3) is 2.64. The first kappa shape index (κ1) is 13.0. The highest BCUT2D eigenvalue weighted by Crippen LogP contribution is 2.45. The van der Waals surface area contributed by atoms with Crippen molar-refractivity contribution in [2.75, 3.05) is 13.7 Å². The molecule has 1 aromatic carbocycles. The molecule has 1 N–H and O–H groups in total. The van der Waals surface area contributed by atoms with Crippen LogP contribution in [0.3, 0.4) is 0 Å². The predicted molar refractivity (Wildman–Crippen MR) is 78.9 cm³/mol. The zero-order chi connectivity index (χ0) is 13.3. The molecule has 0 unspecified atom stereocenters. The van der Waals surface area contributed by atoms with Crippen molar-refractivity contribution in [1.29, 1.82) is 0 Å². The van der Waals surface area contributed by atoms with Gasteiger partial charge in [-0.3, -0.25) is 0 Å². The Morgan fingerprint density at radius 2 is 2.00 bits per heavy atom. The maximum Gasteiger partial charge on any atom is 0.122 e. The number of methoxy groups -OCH3 is 1. The van der Waals surface area contributed by atoms with Crippen molar-refractivity contribution < 1.29 is 4.74 Å². The molecule has 0 bridgehead atoms. The molecule has 2 aliphatic carbocycles. The molecule has 19 heavy (non-hydrogen) atoms. The molecule has 0 aromatic heterocycles. The Morgan fingerprint density at radius 3 is 2.63 bits per heavy atom. The van der Waals surface area contributed by atoms with Crippen LogP contribution in [0.2, 0.25) is 0 Å². The molecular formula is C17H25NO. The molecule has 2 heteroatoms. The lowest BCUT2D eigenvalue weighted by Crippen LogP contribution is -2.37. The summed E-state index contributed by atoms with van der Waals surface area (Å²) in [6.45, 7) is 3.30. The quantitative estimate of drug-likeness (QED) is 0.873. The summed E-state index contributed by atoms with van der Waals surface area (Å²) in [5.41, 5.74) is 3.08. The van der Waals surface area contributed by atoms with Crippen LogP contribution in [0.15, 0.2) is 18.2 Å². The summed E-state index contributed by atoms with van der Waals surface area (Å²) in [5, 5.41) is 3.75. The van der Waals surface area contributed by atoms with Crippen LogP contribution >= 0.6 is 0 Å². The summed E-state index contributed by atoms with van der Waals surface area (Å²) in [7, 11) is 1.80. The summed E-state index contributed by atoms with van der Waals surface area (Å²) >= 11 is 0. The molecule has 0 aliphatic heterocycles. The Morgan fingerprint density at radius 1 is 1.26 bits per heavy atom. The van der Waals surface area contributed by atoms with E-state index in [0.717, 1.165) is 18.3 Å². The Bertz CT molecular complexity index is 445. The Balaban J connectivity index is 1.91. The molecule has 2 nitrogen and oxygen atoms in total. The van der Waals surface area contributed by atoms with Crippen molar-refractivity contribution in [1.82, 2.24) is 5.32 Å². The standard InChI is InChI=1S/C17H25NO/c1-13-5-8-16(19-2)15(11-13)17(9-3-4-10-17)12-18-14-6-7-14/h5,8,11,14,18H,3-4,6-7,9-10,12H2,1-2H3. The van der Waals surface area contributed by atoms with Gasteiger partial charge in [0.05, 0.1) is 7.11 Å². The minimum Gasteiger partial charge on any atom is -0.496 e. The van der Waals surface area contributed by atoms with Crippen molar-refractivity contribution in [3.63, 3.8) is 0 Å². The first-order valence-electron chi connectivity index (χ1n) is 7.62. The number of nitrogens with one attached hydrogen (secondary N) is 1. The second-order valence-electron chi connectivity index (χ2n) is 6.35. The SMILES string of the molecule is COc1ccc(C)cc1C1(CNC2CC2)CCCC1. The van der Waals surface area contributed by atoms with E-state index in [1.807, 2.05) is 0 Å². The van der Waals surface area contributed by atoms with E-state index < -0.39 is 0 Å². The van der Waals surface area contributed by atoms with Crippen molar-refractivity contribution in [2.24, 2.45) is 0 Å². The molecular weight excluding hydrogens is 234 g/mol. The Labute approximate surface area is 116 Å². The molecule has 2 saturated carbocycles. The lowest BCUT2D eigenvalue weighted by atomic mass is 9.77. The van der Waals surface area contributed by atoms with Crippen LogP contribution in [0.4, 0.5) is 0 Å². The highest BCUT2D eigenvalue weighted by Gasteiger charge is 2.39. The highest BCUT2D eigenvalue weighted by molar-refractivity contribution is 5.43. The van der Waals surface area contributed by atoms with Gasteiger partial charge in [-0.1, -0.05) is 30.5 Å². The summed E-state index contributed by atoms with van der Waals surface area (Å²) in [6, 6.07) is 7.42. The maximum absolute atomic E-state index is 5.63. The van der Waals surface area contributed by atoms with Crippen molar-refractivity contribution >= 4 is 0 Å². The molecule has 1 aromatic rings. The van der Waals surface area contributed by atoms with Crippen LogP contribution in [-0.2, 0) is 5.41 Å². The number of hydrogen-bond donors (Lipinski definition) is 1. The van der Waals surface area contributed by atoms with Gasteiger partial charge in [0.1, 0.15) is 5.75 Å². The molecule has 0 spiro atoms. The van der Waals surface area contributed by atoms with Crippen LogP contribution in [-0.4, -0.2) is 19.7 Å². The smallest absolute Gasteiger partial charge is 0.122 e. The van der Waals surface area contributed by atoms with Crippen molar-refractivity contribution in [3.8, 4) is 5.75 Å². The van der Waals surface area contributed by atoms with E-state index in [0.29, 0.717) is 5.41 Å². The van der Waals surface area contributed by atoms with Gasteiger partial charge in [0.15, 0.2) is 0 Å². The van der Waals surface area contributed by atoms with Gasteiger partial charge in [-0.2, -0.15) is 0 Å². The molecule has 0 saturated heterocycles. The van der Waals surface area contributed by atoms with Gasteiger partial charge in [0.25, 0.3) is 0 Å². The van der Waals surface area contributed by atoms with E-state index in [2.05, 4.69) is 30.4 Å². The van der Waals surface area contributed by atoms with E-state index in [1.165, 1.54) is 49.7 Å². The van der Waals surface area contributed by atoms with Crippen LogP contribution in [0, 0.1) is 6.92 Å². The predicted octanol–water partition coefficient (Wildman–Crippen LogP) is 3.57. The first-order valence-corrected chi connectivity index (χ1v) is 7.62. The summed E-state index contributed by atoms with van der Waals surface area (Å²) < 4.78 is 5.63. The van der Waals surface area contributed by atoms with Gasteiger partial charge in [-0.15, -0.1) is 0 Å². The van der Waals surface area contributed by atoms with E-state index in [1.54, 1.807) is 7.11 Å². The fourth-order valence-electron chi connectivity index (χ4n) is 3.46. The zero-order valence-electron chi connectivity index (χ0n) is 12.2. The van der Waals surface area contributed by atoms with Crippen LogP contribution < -0.4 is 10.1 Å². The molecule has 0 amide bonds. The monoisotopic (exact) mass is 259 g/mol. The number of hydrogen-bond acceptors (Lipinski definition) is 2. The van der Waals surface area contributed by atoms with Crippen molar-refractivity contribution in [3.05, 3.63) is 29.3 Å². The Hall–Kier alpha value is -1.02. The molecule has 2 fully saturated rings. The highest BCUT2D eigenvalue weighted by atomic mass is 16.5. The van der Waals surface area contributed by atoms with Crippen LogP contribution in [0.25, 0.3) is 0 Å². The van der Waals surface area contributed by atoms with Crippen LogP contribution in [0.1, 0.15) is 49.7 Å². The number of benzene rings is 1. The minimum absolute atomic E-state index is 0.306. The van der Waals surface area contributed by atoms with Gasteiger partial charge in [0.2, 0.25) is 0 Å². The third-order valence-corrected chi connectivity index (χ3v) is 4.79. The van der Waals surface area contributed by atoms with Crippen LogP contribution in [0.5, 0.6) is 5.75 Å². The average Bonchev–Trinajstić information content (AvgIpc) is 3.14. The van der Waals surface area contributed by atoms with Gasteiger partial charge in [-0.05, 0) is 38.7 Å². The lowest BCUT2D eigenvalue weighted by Gasteiger charge is -2.32. The normalized spacial score (nSPS) is 21.6. The number of ether oxygens (including phenoxy) is 1. The molecule has 3 rings (SSSR count). The van der Waals surface area contributed by atoms with Gasteiger partial charge in [0, 0.05) is 23.6 Å². The first-order chi connectivity index (χ1) is 9.23. The van der Waals surface area contributed by atoms with E-state index >= 15 is 0 Å². The fourth-order valence-corrected chi connectivity index (χ4v) is 3.46. The number of aryl methyl sites for hydroxylation is 1. The second-order valence-corrected chi connectivity index (χ2v) is 6.35. The topological polar surface area (TPSA) is 21.3 Å². The number of rotatable bonds is 5. The molecule has 0 atom stereocenters. The third-order valence-electron chi connectivity index (χ3n) is 4.79. The Kier molecular flexibility index (Phi) is 3.53. The molecule has 0 radical (unpaired) electrons. The second kappa shape index (κ2) is 5.16. The van der Waals surface area contributed by atoms with Gasteiger partial charge >= 0.3 is 0 Å². The zero-order valence-corrected chi connectivity index (χ0v) is 12.2. The largest absolute Gasteiger partial charge is 0.496 e. The summed E-state index contributed by atoms with van der Waals surface area (Å²) in [5.74, 6) is 1.07. The molecule has 0 heterocycles. The van der Waals surface area contributed by atoms with E-state index in [-0.39, 0.29) is 0 Å². The lowest BCUT2D eigenvalue weighted by molar-refractivity contribution is 0.360. The maximum atomic E-state index is 5.63. The summed E-state index contributed by atoms with van der Waals surface area (Å²) in [4.78, 5) is 0. The van der Waals surface area contributed by atoms with E-state index in [9.17, 15) is 0 Å². The van der Waals surface area contributed by atoms with Gasteiger partial charge in [-0.25, -0.2) is 0 Å². The molecule has 104 valence electrons. The minimum atomic E-state index is 0.306. The fraction of sp³-hybridized carbons (Fsp3) is 0.647. The van der Waals surface area contributed by atoms with E-state index in [4.69, 9.17) is 4.74 Å². The van der Waals surface area contributed by atoms with Crippen molar-refractivity contribution in [2.45, 2.75) is 56.9 Å². The molecule has 2 aliphatic rings. The van der Waals surface area contributed by atoms with Gasteiger partial charge < -0.3 is 10.1 Å². The summed E-state index contributed by atoms with van der Waals surface area (Å²) in [6.07, 6.45) is 8.02. The average molecular weight is 259 g/mol.